The number of Topliss-reactive ketones (excluding diaryl/α,β-unsaturated/α-hetero) is 1. The molecule has 3 aliphatic rings. The zero-order valence-corrected chi connectivity index (χ0v) is 72.2. The number of ether oxygens (including phenoxy) is 4. The molecule has 3 heterocycles. The van der Waals surface area contributed by atoms with Gasteiger partial charge in [0.2, 0.25) is 70.9 Å². The van der Waals surface area contributed by atoms with Crippen LogP contribution in [-0.2, 0) is 102 Å². The average molecular weight is 1680 g/mol. The maximum Gasteiger partial charge on any atom is 0.329 e. The summed E-state index contributed by atoms with van der Waals surface area (Å²) in [7, 11) is 5.49. The average Bonchev–Trinajstić information content (AvgIpc) is 1.76. The molecule has 17 unspecified atom stereocenters. The summed E-state index contributed by atoms with van der Waals surface area (Å²) in [5.41, 5.74) is 11.4. The summed E-state index contributed by atoms with van der Waals surface area (Å²) in [4.78, 5) is 245. The van der Waals surface area contributed by atoms with Gasteiger partial charge in [0.1, 0.15) is 60.2 Å². The van der Waals surface area contributed by atoms with Crippen LogP contribution in [0.25, 0.3) is 0 Å². The molecule has 3 saturated heterocycles. The molecule has 36 nitrogen and oxygen atoms in total. The number of likely N-dealkylation sites (tertiary alicyclic amines) is 1. The van der Waals surface area contributed by atoms with E-state index in [1.165, 1.54) is 53.9 Å². The first-order valence-electron chi connectivity index (χ1n) is 41.9. The molecular formula is C83H133N13O23. The molecule has 3 aliphatic heterocycles. The fraction of sp³-hybridized carbons (Fsp3) is 0.723. The molecule has 1 aromatic rings. The van der Waals surface area contributed by atoms with Gasteiger partial charge in [0.05, 0.1) is 50.2 Å². The number of hydrogen-bond donors (Lipinski definition) is 11. The lowest BCUT2D eigenvalue weighted by Crippen LogP contribution is -2.62. The molecule has 0 radical (unpaired) electrons. The number of unbranched alkanes of at least 4 members (excludes halogenated alkanes) is 4. The lowest BCUT2D eigenvalue weighted by Gasteiger charge is -2.36. The Labute approximate surface area is 698 Å². The number of carbonyl (C=O) groups is 17. The summed E-state index contributed by atoms with van der Waals surface area (Å²) in [5.74, 6) is -18.4. The Morgan fingerprint density at radius 2 is 1.32 bits per heavy atom. The van der Waals surface area contributed by atoms with Crippen LogP contribution in [0, 0.1) is 29.6 Å². The molecule has 0 saturated carbocycles. The predicted octanol–water partition coefficient (Wildman–Crippen LogP) is 1.49. The van der Waals surface area contributed by atoms with Gasteiger partial charge in [0, 0.05) is 52.9 Å². The van der Waals surface area contributed by atoms with E-state index in [0.29, 0.717) is 30.6 Å². The van der Waals surface area contributed by atoms with Gasteiger partial charge in [0.25, 0.3) is 5.91 Å². The van der Waals surface area contributed by atoms with Crippen LogP contribution in [0.5, 0.6) is 5.75 Å². The molecule has 0 spiro atoms. The van der Waals surface area contributed by atoms with Gasteiger partial charge in [-0.15, -0.1) is 0 Å². The van der Waals surface area contributed by atoms with Gasteiger partial charge < -0.3 is 92.1 Å². The fourth-order valence-electron chi connectivity index (χ4n) is 14.7. The van der Waals surface area contributed by atoms with E-state index >= 15 is 24.0 Å². The summed E-state index contributed by atoms with van der Waals surface area (Å²) in [6, 6.07) is -7.97. The van der Waals surface area contributed by atoms with Crippen LogP contribution >= 0.6 is 0 Å². The second-order valence-corrected chi connectivity index (χ2v) is 32.9. The Kier molecular flexibility index (Phi) is 42.5. The van der Waals surface area contributed by atoms with Crippen molar-refractivity contribution in [3.05, 3.63) is 29.8 Å². The van der Waals surface area contributed by atoms with E-state index in [1.54, 1.807) is 65.8 Å². The number of fused-ring (bicyclic) bond motifs is 1. The van der Waals surface area contributed by atoms with E-state index in [9.17, 15) is 67.7 Å². The number of primary amides is 2. The van der Waals surface area contributed by atoms with Gasteiger partial charge in [-0.25, -0.2) is 9.59 Å². The van der Waals surface area contributed by atoms with Gasteiger partial charge in [-0.2, -0.15) is 0 Å². The molecule has 4 rings (SSSR count). The number of hydrogen-bond acceptors (Lipinski definition) is 24. The van der Waals surface area contributed by atoms with Gasteiger partial charge >= 0.3 is 17.9 Å². The highest BCUT2D eigenvalue weighted by Gasteiger charge is 2.47. The van der Waals surface area contributed by atoms with E-state index in [0.717, 1.165) is 40.4 Å². The topological polar surface area (TPSA) is 517 Å². The molecule has 0 bridgehead atoms. The van der Waals surface area contributed by atoms with Crippen LogP contribution in [0.4, 0.5) is 0 Å². The van der Waals surface area contributed by atoms with Crippen LogP contribution < -0.4 is 53.4 Å². The molecule has 119 heavy (non-hydrogen) atoms. The molecule has 0 aliphatic carbocycles. The quantitative estimate of drug-likeness (QED) is 0.0192. The number of rotatable bonds is 39. The van der Waals surface area contributed by atoms with Crippen molar-refractivity contribution in [1.29, 1.82) is 0 Å². The van der Waals surface area contributed by atoms with Crippen LogP contribution in [0.15, 0.2) is 24.3 Å². The number of nitrogens with two attached hydrogens (primary N) is 2. The number of methoxy groups -OCH3 is 1. The molecule has 17 atom stereocenters. The summed E-state index contributed by atoms with van der Waals surface area (Å²) in [6.07, 6.45) is -5.50. The maximum absolute atomic E-state index is 15.4. The third-order valence-electron chi connectivity index (χ3n) is 22.0. The number of cyclic esters (lactones) is 2. The molecule has 668 valence electrons. The van der Waals surface area contributed by atoms with Gasteiger partial charge in [-0.3, -0.25) is 77.2 Å². The minimum absolute atomic E-state index is 0.0185. The monoisotopic (exact) mass is 1680 g/mol. The van der Waals surface area contributed by atoms with E-state index in [4.69, 9.17) is 30.4 Å². The normalized spacial score (nSPS) is 23.1. The molecule has 0 aromatic heterocycles. The van der Waals surface area contributed by atoms with E-state index < -0.39 is 241 Å². The number of likely N-dealkylation sites (N-methyl/N-ethyl adjacent to an activating group) is 3. The number of amides is 13. The van der Waals surface area contributed by atoms with Crippen molar-refractivity contribution in [1.82, 2.24) is 56.8 Å². The van der Waals surface area contributed by atoms with Gasteiger partial charge in [-0.05, 0) is 133 Å². The van der Waals surface area contributed by atoms with Crippen molar-refractivity contribution in [3.63, 3.8) is 0 Å². The van der Waals surface area contributed by atoms with Crippen molar-refractivity contribution in [2.75, 3.05) is 41.3 Å². The Morgan fingerprint density at radius 1 is 0.714 bits per heavy atom. The molecular weight excluding hydrogens is 1550 g/mol. The van der Waals surface area contributed by atoms with E-state index in [-0.39, 0.29) is 89.1 Å². The number of nitrogens with zero attached hydrogens (tertiary/aromatic N) is 4. The number of aliphatic hydroxyl groups is 2. The summed E-state index contributed by atoms with van der Waals surface area (Å²) >= 11 is 0. The molecule has 13 amide bonds. The number of imide groups is 1. The Bertz CT molecular complexity index is 3650. The lowest BCUT2D eigenvalue weighted by atomic mass is 9.91. The summed E-state index contributed by atoms with van der Waals surface area (Å²) in [5, 5.41) is 40.4. The highest BCUT2D eigenvalue weighted by Crippen LogP contribution is 2.29. The number of benzene rings is 1. The lowest BCUT2D eigenvalue weighted by molar-refractivity contribution is -0.163. The smallest absolute Gasteiger partial charge is 0.329 e. The first-order valence-corrected chi connectivity index (χ1v) is 41.9. The van der Waals surface area contributed by atoms with Crippen molar-refractivity contribution in [2.45, 2.75) is 315 Å². The standard InChI is InChI=1S/C83H133N13O23/c1-17-19-20-21-22-25-53(97)43-67(102)90-66(101)37-34-55(86-13)74(106)87-56(32-35-64(84)99)75(107)88-57(33-36-65(85)100)82(114)118-51(12)78(110)95-38-23-26-59(95)80(112)93(14)61(41-46(5)6)76(108)92-70-50(11)117-83(115)62(42-52-28-30-54(116-16)31-29-52)94(15)81(113)60-27-24-39-96(60)79(111)58(40-45(3)4)89-73(105)49(10)71(104)72(47(7)8)119-68(103)44-63(98)69(48(9)18-2)91-77(70)109/h28-31,45-51,53,55-63,69-70,72,86,97-98H,17-27,32-44H2,1-16H3,(H2,84,99)(H2,85,100)(H,87,106)(H,88,107)(H,89,105)(H,91,109)(H,92,108)(H,90,101,102). The Hall–Kier alpha value is -9.71. The van der Waals surface area contributed by atoms with Gasteiger partial charge in [-0.1, -0.05) is 113 Å². The highest BCUT2D eigenvalue weighted by molar-refractivity contribution is 6.05. The number of ketones is 1. The number of nitrogens with one attached hydrogen (secondary N) is 7. The second-order valence-electron chi connectivity index (χ2n) is 32.9. The summed E-state index contributed by atoms with van der Waals surface area (Å²) < 4.78 is 23.0. The van der Waals surface area contributed by atoms with Gasteiger partial charge in [0.15, 0.2) is 18.0 Å². The zero-order chi connectivity index (χ0) is 89.4. The molecule has 13 N–H and O–H groups in total. The molecule has 36 heteroatoms. The van der Waals surface area contributed by atoms with Crippen molar-refractivity contribution >= 4 is 100 Å². The number of esters is 3. The van der Waals surface area contributed by atoms with E-state index in [1.807, 2.05) is 13.8 Å². The largest absolute Gasteiger partial charge is 0.497 e. The van der Waals surface area contributed by atoms with Crippen LogP contribution in [0.2, 0.25) is 0 Å². The highest BCUT2D eigenvalue weighted by atomic mass is 16.6. The number of carbonyl (C=O) groups excluding carboxylic acids is 17. The Balaban J connectivity index is 1.71. The van der Waals surface area contributed by atoms with Crippen molar-refractivity contribution < 1.29 is 111 Å². The zero-order valence-electron chi connectivity index (χ0n) is 72.2. The fourth-order valence-corrected chi connectivity index (χ4v) is 14.7. The maximum atomic E-state index is 15.4. The first-order chi connectivity index (χ1) is 56.0. The number of aliphatic hydroxyl groups excluding tert-OH is 2. The SMILES string of the molecule is CCCCCCCC(O)CC(=O)NC(=O)CCC(NC)C(=O)NC(CCC(N)=O)C(=O)NC(CCC(N)=O)C(=O)OC(C)C(=O)N1CCCC1C(=O)N(C)C(CC(C)C)C(=O)NC1C(=O)NC(C(C)CC)C(O)CC(=O)OC(C(C)C)C(=O)C(C)C(=O)NC(CC(C)C)C(=O)N2CCCC2C(=O)N(C)C(Cc2ccc(OC)cc2)C(=O)OC1C. The van der Waals surface area contributed by atoms with Crippen LogP contribution in [0.1, 0.15) is 223 Å². The minimum atomic E-state index is -1.92. The first kappa shape index (κ1) is 102. The summed E-state index contributed by atoms with van der Waals surface area (Å²) in [6.45, 7) is 19.5. The van der Waals surface area contributed by atoms with Crippen molar-refractivity contribution in [3.8, 4) is 5.75 Å². The Morgan fingerprint density at radius 3 is 1.91 bits per heavy atom. The van der Waals surface area contributed by atoms with E-state index in [2.05, 4.69) is 44.1 Å². The predicted molar refractivity (Wildman–Crippen MR) is 434 cm³/mol. The molecule has 3 fully saturated rings. The van der Waals surface area contributed by atoms with Crippen molar-refractivity contribution in [2.24, 2.45) is 41.1 Å². The van der Waals surface area contributed by atoms with Crippen LogP contribution in [-0.4, -0.2) is 263 Å². The van der Waals surface area contributed by atoms with Crippen LogP contribution in [0.3, 0.4) is 0 Å². The second kappa shape index (κ2) is 49.8. The minimum Gasteiger partial charge on any atom is -0.497 e. The third-order valence-corrected chi connectivity index (χ3v) is 22.0. The third kappa shape index (κ3) is 31.8. The molecule has 1 aromatic carbocycles.